The monoisotopic (exact) mass is 635 g/mol. The van der Waals surface area contributed by atoms with Crippen LogP contribution in [0, 0.1) is 5.92 Å². The summed E-state index contributed by atoms with van der Waals surface area (Å²) in [5.74, 6) is 0.429. The number of halogens is 2. The first-order valence-electron chi connectivity index (χ1n) is 15.2. The van der Waals surface area contributed by atoms with Crippen LogP contribution in [-0.2, 0) is 9.53 Å². The molecule has 2 fully saturated rings. The lowest BCUT2D eigenvalue weighted by molar-refractivity contribution is -0.121. The van der Waals surface area contributed by atoms with E-state index in [1.165, 1.54) is 9.47 Å². The molecule has 1 aliphatic heterocycles. The molecular weight excluding hydrogens is 600 g/mol. The molecule has 1 saturated carbocycles. The highest BCUT2D eigenvalue weighted by Crippen LogP contribution is 2.32. The Morgan fingerprint density at radius 1 is 0.978 bits per heavy atom. The molecule has 0 unspecified atom stereocenters. The predicted octanol–water partition coefficient (Wildman–Crippen LogP) is 5.23. The number of nitrogens with zero attached hydrogens (tertiary/aromatic N) is 6. The number of carbonyl (C=O) groups excluding carboxylic acids is 2. The lowest BCUT2D eigenvalue weighted by atomic mass is 9.86. The summed E-state index contributed by atoms with van der Waals surface area (Å²) in [6.07, 6.45) is -1.20. The Hall–Kier alpha value is -4.85. The number of benzene rings is 2. The van der Waals surface area contributed by atoms with Gasteiger partial charge in [-0.05, 0) is 49.9 Å². The lowest BCUT2D eigenvalue weighted by Gasteiger charge is -2.29. The van der Waals surface area contributed by atoms with Crippen LogP contribution < -0.4 is 19.7 Å². The zero-order valence-electron chi connectivity index (χ0n) is 25.6. The summed E-state index contributed by atoms with van der Waals surface area (Å²) >= 11 is 0. The second-order valence-corrected chi connectivity index (χ2v) is 11.4. The molecular formula is C32H35F2N7O5. The summed E-state index contributed by atoms with van der Waals surface area (Å²) in [7, 11) is 3.18. The number of anilines is 2. The van der Waals surface area contributed by atoms with Crippen molar-refractivity contribution in [2.75, 3.05) is 50.6 Å². The van der Waals surface area contributed by atoms with Gasteiger partial charge >= 0.3 is 6.09 Å². The largest absolute Gasteiger partial charge is 0.474 e. The molecule has 46 heavy (non-hydrogen) atoms. The second-order valence-electron chi connectivity index (χ2n) is 11.4. The number of rotatable bonds is 8. The number of para-hydroxylation sites is 2. The third kappa shape index (κ3) is 7.01. The second kappa shape index (κ2) is 13.6. The highest BCUT2D eigenvalue weighted by Gasteiger charge is 2.29. The van der Waals surface area contributed by atoms with E-state index >= 15 is 0 Å². The fourth-order valence-electron chi connectivity index (χ4n) is 5.60. The van der Waals surface area contributed by atoms with E-state index in [1.54, 1.807) is 68.7 Å². The number of hydrogen-bond acceptors (Lipinski definition) is 9. The maximum atomic E-state index is 14.2. The SMILES string of the molecule is CN(C)C(=O)Oc1cccc(NC(=O)C2CCC(Oc3cc(-n4c(C(F)F)nc5ccccc54)nc(N4CCOCC4)n3)CC2)c1. The molecule has 1 saturated heterocycles. The molecule has 0 atom stereocenters. The smallest absolute Gasteiger partial charge is 0.414 e. The molecule has 2 aromatic heterocycles. The summed E-state index contributed by atoms with van der Waals surface area (Å²) in [6.45, 7) is 2.10. The molecule has 1 aliphatic carbocycles. The van der Waals surface area contributed by atoms with Gasteiger partial charge in [-0.2, -0.15) is 9.97 Å². The van der Waals surface area contributed by atoms with E-state index in [4.69, 9.17) is 14.2 Å². The van der Waals surface area contributed by atoms with E-state index < -0.39 is 18.3 Å². The van der Waals surface area contributed by atoms with Crippen LogP contribution in [0.25, 0.3) is 16.9 Å². The molecule has 12 nitrogen and oxygen atoms in total. The van der Waals surface area contributed by atoms with E-state index in [1.807, 2.05) is 4.90 Å². The third-order valence-corrected chi connectivity index (χ3v) is 7.99. The molecule has 2 aliphatic rings. The average Bonchev–Trinajstić information content (AvgIpc) is 3.46. The molecule has 14 heteroatoms. The highest BCUT2D eigenvalue weighted by molar-refractivity contribution is 5.92. The first-order valence-corrected chi connectivity index (χ1v) is 15.2. The quantitative estimate of drug-likeness (QED) is 0.277. The number of ether oxygens (including phenoxy) is 3. The van der Waals surface area contributed by atoms with Crippen LogP contribution in [0.2, 0.25) is 0 Å². The van der Waals surface area contributed by atoms with Gasteiger partial charge in [0.25, 0.3) is 6.43 Å². The van der Waals surface area contributed by atoms with Crippen molar-refractivity contribution >= 4 is 34.7 Å². The van der Waals surface area contributed by atoms with Gasteiger partial charge < -0.3 is 29.3 Å². The minimum absolute atomic E-state index is 0.125. The Morgan fingerprint density at radius 2 is 1.74 bits per heavy atom. The molecule has 0 spiro atoms. The lowest BCUT2D eigenvalue weighted by Crippen LogP contribution is -2.37. The molecule has 0 bridgehead atoms. The first kappa shape index (κ1) is 31.1. The summed E-state index contributed by atoms with van der Waals surface area (Å²) in [5.41, 5.74) is 1.47. The van der Waals surface area contributed by atoms with E-state index in [0.717, 1.165) is 0 Å². The van der Waals surface area contributed by atoms with Crippen molar-refractivity contribution in [3.8, 4) is 17.4 Å². The number of fused-ring (bicyclic) bond motifs is 1. The van der Waals surface area contributed by atoms with Crippen molar-refractivity contribution in [2.24, 2.45) is 5.92 Å². The molecule has 242 valence electrons. The van der Waals surface area contributed by atoms with Crippen molar-refractivity contribution in [2.45, 2.75) is 38.2 Å². The van der Waals surface area contributed by atoms with Crippen LogP contribution >= 0.6 is 0 Å². The van der Waals surface area contributed by atoms with Crippen molar-refractivity contribution in [3.63, 3.8) is 0 Å². The van der Waals surface area contributed by atoms with Crippen LogP contribution in [0.15, 0.2) is 54.6 Å². The van der Waals surface area contributed by atoms with Crippen LogP contribution in [-0.4, -0.2) is 82.9 Å². The number of aromatic nitrogens is 4. The number of nitrogens with one attached hydrogen (secondary N) is 1. The van der Waals surface area contributed by atoms with Gasteiger partial charge in [0, 0.05) is 50.9 Å². The van der Waals surface area contributed by atoms with Crippen LogP contribution in [0.1, 0.15) is 37.9 Å². The summed E-state index contributed by atoms with van der Waals surface area (Å²) in [6, 6.07) is 15.2. The Bertz CT molecular complexity index is 1700. The summed E-state index contributed by atoms with van der Waals surface area (Å²) in [4.78, 5) is 41.7. The zero-order valence-corrected chi connectivity index (χ0v) is 25.6. The van der Waals surface area contributed by atoms with E-state index in [2.05, 4.69) is 20.3 Å². The maximum Gasteiger partial charge on any atom is 0.414 e. The van der Waals surface area contributed by atoms with Gasteiger partial charge in [-0.1, -0.05) is 18.2 Å². The molecule has 2 amide bonds. The Balaban J connectivity index is 1.17. The van der Waals surface area contributed by atoms with Crippen LogP contribution in [0.5, 0.6) is 11.6 Å². The van der Waals surface area contributed by atoms with E-state index in [9.17, 15) is 18.4 Å². The number of morpholine rings is 1. The first-order chi connectivity index (χ1) is 22.2. The number of amides is 2. The van der Waals surface area contributed by atoms with Gasteiger partial charge in [0.15, 0.2) is 5.82 Å². The van der Waals surface area contributed by atoms with E-state index in [0.29, 0.717) is 80.4 Å². The van der Waals surface area contributed by atoms with Gasteiger partial charge in [0.05, 0.1) is 24.2 Å². The van der Waals surface area contributed by atoms with Gasteiger partial charge in [0.2, 0.25) is 17.7 Å². The standard InChI is InChI=1S/C32H35F2N7O5/c1-39(2)32(43)46-23-7-5-6-21(18-23)35-30(42)20-10-12-22(13-11-20)45-27-19-26(37-31(38-27)40-14-16-44-17-15-40)41-25-9-4-3-8-24(25)36-29(41)28(33)34/h3-9,18-20,22,28H,10-17H2,1-2H3,(H,35,42). The molecule has 6 rings (SSSR count). The normalized spacial score (nSPS) is 18.4. The van der Waals surface area contributed by atoms with Crippen molar-refractivity contribution in [3.05, 3.63) is 60.4 Å². The Labute approximate surface area is 264 Å². The maximum absolute atomic E-state index is 14.2. The molecule has 3 heterocycles. The third-order valence-electron chi connectivity index (χ3n) is 7.99. The Kier molecular flexibility index (Phi) is 9.24. The van der Waals surface area contributed by atoms with Crippen molar-refractivity contribution in [1.82, 2.24) is 24.4 Å². The Morgan fingerprint density at radius 3 is 2.48 bits per heavy atom. The average molecular weight is 636 g/mol. The number of imidazole rings is 1. The summed E-state index contributed by atoms with van der Waals surface area (Å²) < 4.78 is 46.8. The van der Waals surface area contributed by atoms with E-state index in [-0.39, 0.29) is 29.6 Å². The minimum atomic E-state index is -2.82. The number of hydrogen-bond donors (Lipinski definition) is 1. The molecule has 1 N–H and O–H groups in total. The van der Waals surface area contributed by atoms with Crippen LogP contribution in [0.3, 0.4) is 0 Å². The van der Waals surface area contributed by atoms with Gasteiger partial charge in [-0.15, -0.1) is 0 Å². The number of alkyl halides is 2. The fourth-order valence-corrected chi connectivity index (χ4v) is 5.60. The molecule has 4 aromatic rings. The fraction of sp³-hybridized carbons (Fsp3) is 0.406. The van der Waals surface area contributed by atoms with Crippen LogP contribution in [0.4, 0.5) is 25.2 Å². The zero-order chi connectivity index (χ0) is 32.2. The predicted molar refractivity (Wildman–Crippen MR) is 166 cm³/mol. The highest BCUT2D eigenvalue weighted by atomic mass is 19.3. The van der Waals surface area contributed by atoms with Gasteiger partial charge in [-0.3, -0.25) is 9.36 Å². The van der Waals surface area contributed by atoms with Crippen molar-refractivity contribution in [1.29, 1.82) is 0 Å². The molecule has 0 radical (unpaired) electrons. The van der Waals surface area contributed by atoms with Gasteiger partial charge in [-0.25, -0.2) is 18.6 Å². The van der Waals surface area contributed by atoms with Crippen molar-refractivity contribution < 1.29 is 32.6 Å². The minimum Gasteiger partial charge on any atom is -0.474 e. The molecule has 2 aromatic carbocycles. The van der Waals surface area contributed by atoms with Gasteiger partial charge in [0.1, 0.15) is 17.7 Å². The summed E-state index contributed by atoms with van der Waals surface area (Å²) in [5, 5.41) is 2.92. The topological polar surface area (TPSA) is 124 Å². The number of carbonyl (C=O) groups is 2.